The third kappa shape index (κ3) is 3.17. The molecule has 1 aliphatic carbocycles. The van der Waals surface area contributed by atoms with Crippen molar-refractivity contribution in [3.63, 3.8) is 0 Å². The van der Waals surface area contributed by atoms with Crippen LogP contribution >= 0.6 is 0 Å². The van der Waals surface area contributed by atoms with Gasteiger partial charge in [0.15, 0.2) is 11.5 Å². The zero-order valence-electron chi connectivity index (χ0n) is 18.7. The second kappa shape index (κ2) is 7.54. The van der Waals surface area contributed by atoms with Crippen molar-refractivity contribution in [2.24, 2.45) is 0 Å². The molecule has 6 rings (SSSR count). The molecule has 7 heteroatoms. The molecule has 3 heterocycles. The Kier molecular flexibility index (Phi) is 4.60. The van der Waals surface area contributed by atoms with Gasteiger partial charge in [-0.2, -0.15) is 0 Å². The van der Waals surface area contributed by atoms with Crippen LogP contribution in [-0.2, 0) is 11.3 Å². The predicted octanol–water partition coefficient (Wildman–Crippen LogP) is 3.89. The highest BCUT2D eigenvalue weighted by Gasteiger charge is 2.49. The third-order valence-electron chi connectivity index (χ3n) is 7.16. The molecule has 7 nitrogen and oxygen atoms in total. The van der Waals surface area contributed by atoms with Crippen LogP contribution in [0.1, 0.15) is 43.1 Å². The van der Waals surface area contributed by atoms with Gasteiger partial charge in [0.1, 0.15) is 24.4 Å². The maximum Gasteiger partial charge on any atom is 0.275 e. The highest BCUT2D eigenvalue weighted by atomic mass is 16.6. The maximum absolute atomic E-state index is 14.0. The first-order valence-electron chi connectivity index (χ1n) is 11.7. The molecule has 1 aromatic heterocycles. The summed E-state index contributed by atoms with van der Waals surface area (Å²) in [5.74, 6) is 0.927. The number of para-hydroxylation sites is 1. The van der Waals surface area contributed by atoms with Crippen LogP contribution in [0.5, 0.6) is 11.5 Å². The summed E-state index contributed by atoms with van der Waals surface area (Å²) in [7, 11) is 0. The summed E-state index contributed by atoms with van der Waals surface area (Å²) in [6, 6.07) is 15.5. The molecular formula is C26H27N3O4. The van der Waals surface area contributed by atoms with Gasteiger partial charge in [0.2, 0.25) is 5.91 Å². The smallest absolute Gasteiger partial charge is 0.275 e. The van der Waals surface area contributed by atoms with Crippen LogP contribution in [0.3, 0.4) is 0 Å². The van der Waals surface area contributed by atoms with E-state index < -0.39 is 5.54 Å². The number of nitrogens with zero attached hydrogens (tertiary/aromatic N) is 2. The Hall–Kier alpha value is -3.48. The Morgan fingerprint density at radius 3 is 2.61 bits per heavy atom. The number of nitrogens with one attached hydrogen (secondary N) is 1. The zero-order chi connectivity index (χ0) is 22.6. The van der Waals surface area contributed by atoms with Gasteiger partial charge in [-0.25, -0.2) is 0 Å². The third-order valence-corrected chi connectivity index (χ3v) is 7.16. The summed E-state index contributed by atoms with van der Waals surface area (Å²) in [4.78, 5) is 29.4. The van der Waals surface area contributed by atoms with Crippen molar-refractivity contribution in [2.45, 2.75) is 50.7 Å². The lowest BCUT2D eigenvalue weighted by atomic mass is 9.93. The minimum atomic E-state index is -1.10. The van der Waals surface area contributed by atoms with E-state index in [2.05, 4.69) is 5.32 Å². The lowest BCUT2D eigenvalue weighted by Crippen LogP contribution is -2.65. The number of carbonyl (C=O) groups is 2. The van der Waals surface area contributed by atoms with Crippen LogP contribution in [-0.4, -0.2) is 41.2 Å². The van der Waals surface area contributed by atoms with Gasteiger partial charge in [0.25, 0.3) is 5.91 Å². The first-order valence-corrected chi connectivity index (χ1v) is 11.7. The molecule has 170 valence electrons. The fourth-order valence-electron chi connectivity index (χ4n) is 5.43. The van der Waals surface area contributed by atoms with Gasteiger partial charge in [0, 0.05) is 28.7 Å². The standard InChI is InChI=1S/C26H27N3O4/c1-26(25(31)27-18-7-3-4-8-18)16-28-20-9-5-2-6-17(20)14-21(28)24(30)29(26)19-10-11-22-23(15-19)33-13-12-32-22/h2,5-6,9-11,14-15,18H,3-4,7-8,12-13,16H2,1H3,(H,27,31). The predicted molar refractivity (Wildman–Crippen MR) is 125 cm³/mol. The van der Waals surface area contributed by atoms with Crippen LogP contribution in [0.15, 0.2) is 48.5 Å². The van der Waals surface area contributed by atoms with Crippen LogP contribution in [0.2, 0.25) is 0 Å². The first-order chi connectivity index (χ1) is 16.0. The molecule has 0 radical (unpaired) electrons. The molecule has 0 bridgehead atoms. The van der Waals surface area contributed by atoms with E-state index in [1.807, 2.05) is 60.0 Å². The second-order valence-corrected chi connectivity index (χ2v) is 9.37. The molecule has 3 aromatic rings. The van der Waals surface area contributed by atoms with Gasteiger partial charge in [-0.1, -0.05) is 31.0 Å². The van der Waals surface area contributed by atoms with E-state index >= 15 is 0 Å². The number of ether oxygens (including phenoxy) is 2. The van der Waals surface area contributed by atoms with Crippen molar-refractivity contribution in [3.05, 3.63) is 54.2 Å². The lowest BCUT2D eigenvalue weighted by molar-refractivity contribution is -0.127. The van der Waals surface area contributed by atoms with E-state index in [0.29, 0.717) is 42.6 Å². The minimum absolute atomic E-state index is 0.124. The number of rotatable bonds is 3. The average molecular weight is 446 g/mol. The molecule has 0 saturated heterocycles. The molecule has 3 aliphatic rings. The van der Waals surface area contributed by atoms with Crippen LogP contribution < -0.4 is 19.7 Å². The molecule has 33 heavy (non-hydrogen) atoms. The highest BCUT2D eigenvalue weighted by Crippen LogP contribution is 2.40. The minimum Gasteiger partial charge on any atom is -0.486 e. The molecule has 2 amide bonds. The number of hydrogen-bond acceptors (Lipinski definition) is 4. The van der Waals surface area contributed by atoms with Crippen LogP contribution in [0, 0.1) is 0 Å². The summed E-state index contributed by atoms with van der Waals surface area (Å²) in [6.07, 6.45) is 4.21. The van der Waals surface area contributed by atoms with E-state index in [1.54, 1.807) is 4.90 Å². The summed E-state index contributed by atoms with van der Waals surface area (Å²) < 4.78 is 13.4. The van der Waals surface area contributed by atoms with Crippen molar-refractivity contribution >= 4 is 28.4 Å². The van der Waals surface area contributed by atoms with Gasteiger partial charge in [-0.3, -0.25) is 14.5 Å². The number of amides is 2. The number of carbonyl (C=O) groups excluding carboxylic acids is 2. The average Bonchev–Trinajstić information content (AvgIpc) is 3.47. The van der Waals surface area contributed by atoms with Crippen LogP contribution in [0.25, 0.3) is 10.9 Å². The number of hydrogen-bond donors (Lipinski definition) is 1. The number of fused-ring (bicyclic) bond motifs is 4. The van der Waals surface area contributed by atoms with Gasteiger partial charge in [0.05, 0.1) is 6.54 Å². The zero-order valence-corrected chi connectivity index (χ0v) is 18.7. The van der Waals surface area contributed by atoms with Gasteiger partial charge >= 0.3 is 0 Å². The molecule has 2 aliphatic heterocycles. The number of aromatic nitrogens is 1. The highest BCUT2D eigenvalue weighted by molar-refractivity contribution is 6.14. The molecule has 1 fully saturated rings. The van der Waals surface area contributed by atoms with Gasteiger partial charge in [-0.05, 0) is 44.0 Å². The Morgan fingerprint density at radius 1 is 1.03 bits per heavy atom. The fraction of sp³-hybridized carbons (Fsp3) is 0.385. The van der Waals surface area contributed by atoms with Gasteiger partial charge in [-0.15, -0.1) is 0 Å². The largest absolute Gasteiger partial charge is 0.486 e. The van der Waals surface area contributed by atoms with E-state index in [0.717, 1.165) is 36.6 Å². The fourth-order valence-corrected chi connectivity index (χ4v) is 5.43. The molecular weight excluding hydrogens is 418 g/mol. The van der Waals surface area contributed by atoms with E-state index in [1.165, 1.54) is 0 Å². The lowest BCUT2D eigenvalue weighted by Gasteiger charge is -2.44. The van der Waals surface area contributed by atoms with Crippen molar-refractivity contribution in [1.82, 2.24) is 9.88 Å². The molecule has 1 unspecified atom stereocenters. The summed E-state index contributed by atoms with van der Waals surface area (Å²) in [5, 5.41) is 4.23. The van der Waals surface area contributed by atoms with E-state index in [9.17, 15) is 9.59 Å². The van der Waals surface area contributed by atoms with Crippen molar-refractivity contribution in [1.29, 1.82) is 0 Å². The summed E-state index contributed by atoms with van der Waals surface area (Å²) in [5.41, 5.74) is 1.07. The first kappa shape index (κ1) is 20.1. The van der Waals surface area contributed by atoms with E-state index in [-0.39, 0.29) is 17.9 Å². The molecule has 2 aromatic carbocycles. The van der Waals surface area contributed by atoms with Crippen molar-refractivity contribution < 1.29 is 19.1 Å². The molecule has 1 atom stereocenters. The summed E-state index contributed by atoms with van der Waals surface area (Å²) >= 11 is 0. The van der Waals surface area contributed by atoms with Crippen molar-refractivity contribution in [2.75, 3.05) is 18.1 Å². The molecule has 1 saturated carbocycles. The molecule has 1 N–H and O–H groups in total. The summed E-state index contributed by atoms with van der Waals surface area (Å²) in [6.45, 7) is 3.19. The maximum atomic E-state index is 14.0. The van der Waals surface area contributed by atoms with Gasteiger partial charge < -0.3 is 19.4 Å². The number of benzene rings is 2. The van der Waals surface area contributed by atoms with E-state index in [4.69, 9.17) is 9.47 Å². The Bertz CT molecular complexity index is 1260. The Morgan fingerprint density at radius 2 is 1.79 bits per heavy atom. The number of anilines is 1. The molecule has 0 spiro atoms. The topological polar surface area (TPSA) is 72.8 Å². The van der Waals surface area contributed by atoms with Crippen molar-refractivity contribution in [3.8, 4) is 11.5 Å². The monoisotopic (exact) mass is 445 g/mol. The normalized spacial score (nSPS) is 22.5. The second-order valence-electron chi connectivity index (χ2n) is 9.37. The SMILES string of the molecule is CC1(C(=O)NC2CCCC2)Cn2c(cc3ccccc32)C(=O)N1c1ccc2c(c1)OCCO2. The Labute approximate surface area is 192 Å². The van der Waals surface area contributed by atoms with Crippen LogP contribution in [0.4, 0.5) is 5.69 Å². The Balaban J connectivity index is 1.48. The quantitative estimate of drug-likeness (QED) is 0.664.